The van der Waals surface area contributed by atoms with Gasteiger partial charge in [0.15, 0.2) is 0 Å². The molecular weight excluding hydrogens is 110 g/mol. The third-order valence-corrected chi connectivity index (χ3v) is 2.03. The number of hydrogen-bond donors (Lipinski definition) is 1. The van der Waals surface area contributed by atoms with Crippen molar-refractivity contribution >= 4 is 0 Å². The van der Waals surface area contributed by atoms with Gasteiger partial charge in [0.2, 0.25) is 0 Å². The van der Waals surface area contributed by atoms with Crippen molar-refractivity contribution in [1.29, 1.82) is 0 Å². The second kappa shape index (κ2) is 3.89. The fourth-order valence-corrected chi connectivity index (χ4v) is 1.36. The maximum Gasteiger partial charge on any atom is 0.122 e. The van der Waals surface area contributed by atoms with Crippen LogP contribution in [0.5, 0.6) is 0 Å². The zero-order valence-electron chi connectivity index (χ0n) is 7.27. The van der Waals surface area contributed by atoms with Gasteiger partial charge in [-0.3, -0.25) is 0 Å². The first-order chi connectivity index (χ1) is 4.79. The van der Waals surface area contributed by atoms with E-state index in [1.807, 2.05) is 0 Å². The predicted molar refractivity (Wildman–Crippen MR) is 40.5 cm³/mol. The summed E-state index contributed by atoms with van der Waals surface area (Å²) >= 11 is 0. The number of hydrogen-bond acceptors (Lipinski definition) is 1. The van der Waals surface area contributed by atoms with Crippen molar-refractivity contribution in [1.82, 2.24) is 5.31 Å². The summed E-state index contributed by atoms with van der Waals surface area (Å²) in [4.78, 5) is 0. The average molecular weight is 129 g/mol. The molecule has 9 heavy (non-hydrogen) atoms. The smallest absolute Gasteiger partial charge is 0.122 e. The van der Waals surface area contributed by atoms with Gasteiger partial charge in [0.05, 0.1) is 0 Å². The van der Waals surface area contributed by atoms with Crippen molar-refractivity contribution in [3.05, 3.63) is 0 Å². The van der Waals surface area contributed by atoms with Crippen LogP contribution in [-0.4, -0.2) is 13.1 Å². The van der Waals surface area contributed by atoms with Crippen LogP contribution in [0.4, 0.5) is 0 Å². The maximum atomic E-state index is 7.41. The minimum Gasteiger partial charge on any atom is -0.317 e. The van der Waals surface area contributed by atoms with E-state index in [1.54, 1.807) is 5.31 Å². The van der Waals surface area contributed by atoms with Gasteiger partial charge in [-0.25, -0.2) is 0 Å². The SMILES string of the molecule is [3H]N1CCCC(C)CCC1. The molecule has 0 radical (unpaired) electrons. The lowest BCUT2D eigenvalue weighted by Crippen LogP contribution is -2.20. The molecule has 54 valence electrons. The number of rotatable bonds is 0. The van der Waals surface area contributed by atoms with Crippen LogP contribution in [0.1, 0.15) is 32.6 Å². The quantitative estimate of drug-likeness (QED) is 0.526. The molecule has 1 saturated heterocycles. The van der Waals surface area contributed by atoms with Crippen LogP contribution in [0.15, 0.2) is 0 Å². The maximum absolute atomic E-state index is 7.41. The highest BCUT2D eigenvalue weighted by atomic mass is 14.8. The molecule has 0 aliphatic carbocycles. The first-order valence-electron chi connectivity index (χ1n) is 4.47. The molecule has 0 aromatic carbocycles. The zero-order chi connectivity index (χ0) is 7.40. The van der Waals surface area contributed by atoms with E-state index in [9.17, 15) is 0 Å². The molecule has 0 aromatic heterocycles. The van der Waals surface area contributed by atoms with Crippen LogP contribution in [0.3, 0.4) is 0 Å². The second-order valence-electron chi connectivity index (χ2n) is 3.06. The van der Waals surface area contributed by atoms with Gasteiger partial charge in [-0.05, 0) is 44.7 Å². The topological polar surface area (TPSA) is 12.0 Å². The van der Waals surface area contributed by atoms with E-state index >= 15 is 0 Å². The Bertz CT molecular complexity index is 75.3. The Hall–Kier alpha value is -0.0400. The van der Waals surface area contributed by atoms with E-state index in [0.717, 1.165) is 19.0 Å². The third kappa shape index (κ3) is 2.85. The largest absolute Gasteiger partial charge is 0.317 e. The van der Waals surface area contributed by atoms with Crippen LogP contribution >= 0.6 is 0 Å². The molecule has 1 fully saturated rings. The van der Waals surface area contributed by atoms with E-state index < -0.39 is 0 Å². The minimum absolute atomic E-state index is 0.897. The van der Waals surface area contributed by atoms with Crippen molar-refractivity contribution in [3.8, 4) is 0 Å². The highest BCUT2D eigenvalue weighted by molar-refractivity contribution is 4.60. The van der Waals surface area contributed by atoms with Gasteiger partial charge in [0.1, 0.15) is 1.41 Å². The van der Waals surface area contributed by atoms with Gasteiger partial charge < -0.3 is 5.31 Å². The van der Waals surface area contributed by atoms with Gasteiger partial charge in [0, 0.05) is 0 Å². The summed E-state index contributed by atoms with van der Waals surface area (Å²) in [5.74, 6) is 0.897. The molecule has 0 saturated carbocycles. The van der Waals surface area contributed by atoms with Crippen LogP contribution in [0.2, 0.25) is 1.41 Å². The van der Waals surface area contributed by atoms with Crippen LogP contribution in [0.25, 0.3) is 0 Å². The van der Waals surface area contributed by atoms with Gasteiger partial charge in [-0.2, -0.15) is 0 Å². The van der Waals surface area contributed by atoms with Gasteiger partial charge in [-0.15, -0.1) is 0 Å². The minimum atomic E-state index is 0.897. The van der Waals surface area contributed by atoms with E-state index in [1.165, 1.54) is 25.7 Å². The number of nitrogens with one attached hydrogen (secondary N) is 1. The Balaban J connectivity index is 2.21. The molecule has 0 aromatic rings. The van der Waals surface area contributed by atoms with Gasteiger partial charge >= 0.3 is 0 Å². The molecule has 1 N–H and O–H groups in total. The summed E-state index contributed by atoms with van der Waals surface area (Å²) in [6.07, 6.45) is 5.06. The summed E-state index contributed by atoms with van der Waals surface area (Å²) in [7, 11) is 0. The van der Waals surface area contributed by atoms with Crippen LogP contribution in [0, 0.1) is 5.92 Å². The van der Waals surface area contributed by atoms with E-state index in [4.69, 9.17) is 1.41 Å². The van der Waals surface area contributed by atoms with Crippen LogP contribution in [-0.2, 0) is 0 Å². The standard InChI is InChI=1S/C8H17N/c1-8-4-2-6-9-7-3-5-8/h8-9H,2-7H2,1H3/i/hT. The summed E-state index contributed by atoms with van der Waals surface area (Å²) in [6.45, 7) is 4.27. The van der Waals surface area contributed by atoms with E-state index in [2.05, 4.69) is 6.92 Å². The van der Waals surface area contributed by atoms with Gasteiger partial charge in [-0.1, -0.05) is 6.92 Å². The normalized spacial score (nSPS) is 28.8. The Kier molecular flexibility index (Phi) is 2.47. The Morgan fingerprint density at radius 1 is 1.33 bits per heavy atom. The Morgan fingerprint density at radius 3 is 2.44 bits per heavy atom. The molecule has 1 aliphatic heterocycles. The van der Waals surface area contributed by atoms with Crippen molar-refractivity contribution < 1.29 is 1.41 Å². The predicted octanol–water partition coefficient (Wildman–Crippen LogP) is 1.79. The molecular formula is C8H17N. The molecule has 0 amide bonds. The summed E-state index contributed by atoms with van der Waals surface area (Å²) < 4.78 is 7.41. The van der Waals surface area contributed by atoms with Crippen molar-refractivity contribution in [2.24, 2.45) is 5.92 Å². The molecule has 0 spiro atoms. The molecule has 0 unspecified atom stereocenters. The van der Waals surface area contributed by atoms with E-state index in [0.29, 0.717) is 0 Å². The molecule has 1 heterocycles. The van der Waals surface area contributed by atoms with Crippen molar-refractivity contribution in [2.45, 2.75) is 32.6 Å². The zero-order valence-corrected chi connectivity index (χ0v) is 6.27. The van der Waals surface area contributed by atoms with Crippen molar-refractivity contribution in [2.75, 3.05) is 13.1 Å². The second-order valence-corrected chi connectivity index (χ2v) is 3.06. The molecule has 0 bridgehead atoms. The Labute approximate surface area is 59.3 Å². The van der Waals surface area contributed by atoms with Crippen molar-refractivity contribution in [3.63, 3.8) is 0 Å². The first kappa shape index (κ1) is 5.72. The molecule has 1 nitrogen and oxygen atoms in total. The molecule has 1 aliphatic rings. The lowest BCUT2D eigenvalue weighted by atomic mass is 9.98. The molecule has 1 heteroatoms. The summed E-state index contributed by atoms with van der Waals surface area (Å²) in [5.41, 5.74) is 0. The Morgan fingerprint density at radius 2 is 1.89 bits per heavy atom. The molecule has 0 atom stereocenters. The van der Waals surface area contributed by atoms with E-state index in [-0.39, 0.29) is 0 Å². The highest BCUT2D eigenvalue weighted by Crippen LogP contribution is 2.12. The summed E-state index contributed by atoms with van der Waals surface area (Å²) in [6, 6.07) is 0. The van der Waals surface area contributed by atoms with Gasteiger partial charge in [0.25, 0.3) is 0 Å². The fourth-order valence-electron chi connectivity index (χ4n) is 1.36. The monoisotopic (exact) mass is 129 g/mol. The van der Waals surface area contributed by atoms with Crippen LogP contribution < -0.4 is 5.31 Å². The fraction of sp³-hybridized carbons (Fsp3) is 1.00. The lowest BCUT2D eigenvalue weighted by Gasteiger charge is -2.15. The molecule has 1 rings (SSSR count). The first-order valence-corrected chi connectivity index (χ1v) is 4.03. The third-order valence-electron chi connectivity index (χ3n) is 2.03. The summed E-state index contributed by atoms with van der Waals surface area (Å²) in [5, 5.41) is 1.70. The lowest BCUT2D eigenvalue weighted by molar-refractivity contribution is 0.414. The highest BCUT2D eigenvalue weighted by Gasteiger charge is 2.03. The average Bonchev–Trinajstić information content (AvgIpc) is 1.84.